The third-order valence-corrected chi connectivity index (χ3v) is 5.10. The summed E-state index contributed by atoms with van der Waals surface area (Å²) in [6, 6.07) is 4.72. The zero-order valence-electron chi connectivity index (χ0n) is 14.1. The van der Waals surface area contributed by atoms with E-state index in [1.165, 1.54) is 13.2 Å². The Balaban J connectivity index is 2.22. The molecule has 1 aliphatic rings. The standard InChI is InChI=1S/C18H22ClNO4/c1-11-9-13(7-8-14(11)18(21)24-3)10-12(2)17-15(19)5-4-6-16(17)20(22)23/h4-6,10-11,13-14H,7-9H2,1-3H3/b12-10+. The van der Waals surface area contributed by atoms with Gasteiger partial charge in [-0.15, -0.1) is 0 Å². The molecular weight excluding hydrogens is 330 g/mol. The topological polar surface area (TPSA) is 69.4 Å². The highest BCUT2D eigenvalue weighted by Gasteiger charge is 2.32. The minimum absolute atomic E-state index is 0.0209. The van der Waals surface area contributed by atoms with Crippen molar-refractivity contribution in [2.75, 3.05) is 7.11 Å². The lowest BCUT2D eigenvalue weighted by atomic mass is 9.74. The molecule has 0 aromatic heterocycles. The van der Waals surface area contributed by atoms with Gasteiger partial charge in [0, 0.05) is 6.07 Å². The predicted molar refractivity (Wildman–Crippen MR) is 93.8 cm³/mol. The van der Waals surface area contributed by atoms with Crippen molar-refractivity contribution in [3.63, 3.8) is 0 Å². The van der Waals surface area contributed by atoms with E-state index in [1.54, 1.807) is 12.1 Å². The van der Waals surface area contributed by atoms with Gasteiger partial charge in [-0.1, -0.05) is 30.7 Å². The van der Waals surface area contributed by atoms with Crippen molar-refractivity contribution in [2.45, 2.75) is 33.1 Å². The number of ether oxygens (including phenoxy) is 1. The van der Waals surface area contributed by atoms with Crippen molar-refractivity contribution in [3.8, 4) is 0 Å². The van der Waals surface area contributed by atoms with Gasteiger partial charge in [-0.2, -0.15) is 0 Å². The monoisotopic (exact) mass is 351 g/mol. The number of halogens is 1. The number of hydrogen-bond donors (Lipinski definition) is 0. The van der Waals surface area contributed by atoms with E-state index in [0.29, 0.717) is 10.6 Å². The predicted octanol–water partition coefficient (Wildman–Crippen LogP) is 4.88. The first-order valence-electron chi connectivity index (χ1n) is 8.04. The molecule has 3 atom stereocenters. The van der Waals surface area contributed by atoms with Crippen LogP contribution in [0.1, 0.15) is 38.7 Å². The molecule has 1 aromatic carbocycles. The van der Waals surface area contributed by atoms with Crippen molar-refractivity contribution >= 4 is 28.8 Å². The van der Waals surface area contributed by atoms with Gasteiger partial charge in [0.25, 0.3) is 5.69 Å². The molecule has 6 heteroatoms. The summed E-state index contributed by atoms with van der Waals surface area (Å²) in [6.45, 7) is 3.90. The summed E-state index contributed by atoms with van der Waals surface area (Å²) in [5.41, 5.74) is 1.31. The second-order valence-electron chi connectivity index (χ2n) is 6.42. The normalized spacial score (nSPS) is 24.5. The second-order valence-corrected chi connectivity index (χ2v) is 6.83. The van der Waals surface area contributed by atoms with Crippen LogP contribution in [0.3, 0.4) is 0 Å². The molecule has 1 aliphatic carbocycles. The van der Waals surface area contributed by atoms with Gasteiger partial charge in [-0.25, -0.2) is 0 Å². The number of nitro benzene ring substituents is 1. The highest BCUT2D eigenvalue weighted by atomic mass is 35.5. The number of esters is 1. The van der Waals surface area contributed by atoms with Crippen LogP contribution in [0.25, 0.3) is 5.57 Å². The highest BCUT2D eigenvalue weighted by molar-refractivity contribution is 6.32. The molecule has 1 aromatic rings. The Morgan fingerprint density at radius 3 is 2.71 bits per heavy atom. The van der Waals surface area contributed by atoms with E-state index >= 15 is 0 Å². The molecule has 1 fully saturated rings. The van der Waals surface area contributed by atoms with Crippen LogP contribution < -0.4 is 0 Å². The van der Waals surface area contributed by atoms with Crippen LogP contribution in [-0.4, -0.2) is 18.0 Å². The molecule has 0 spiro atoms. The molecule has 2 rings (SSSR count). The first-order chi connectivity index (χ1) is 11.3. The summed E-state index contributed by atoms with van der Waals surface area (Å²) in [5, 5.41) is 11.6. The Labute approximate surface area is 146 Å². The average Bonchev–Trinajstić information content (AvgIpc) is 2.53. The van der Waals surface area contributed by atoms with Gasteiger partial charge in [0.05, 0.1) is 28.5 Å². The number of methoxy groups -OCH3 is 1. The lowest BCUT2D eigenvalue weighted by Crippen LogP contribution is -2.29. The van der Waals surface area contributed by atoms with Crippen molar-refractivity contribution in [2.24, 2.45) is 17.8 Å². The molecule has 5 nitrogen and oxygen atoms in total. The number of nitro groups is 1. The molecule has 3 unspecified atom stereocenters. The van der Waals surface area contributed by atoms with E-state index in [-0.39, 0.29) is 29.4 Å². The Morgan fingerprint density at radius 1 is 1.42 bits per heavy atom. The maximum Gasteiger partial charge on any atom is 0.308 e. The number of allylic oxidation sites excluding steroid dienone is 2. The van der Waals surface area contributed by atoms with Crippen LogP contribution in [0.4, 0.5) is 5.69 Å². The SMILES string of the molecule is COC(=O)C1CCC(/C=C(\C)c2c(Cl)cccc2[N+](=O)[O-])CC1C. The van der Waals surface area contributed by atoms with Crippen LogP contribution >= 0.6 is 11.6 Å². The van der Waals surface area contributed by atoms with Crippen molar-refractivity contribution < 1.29 is 14.5 Å². The maximum absolute atomic E-state index is 11.8. The second kappa shape index (κ2) is 7.79. The molecule has 0 bridgehead atoms. The van der Waals surface area contributed by atoms with Crippen LogP contribution in [0.2, 0.25) is 5.02 Å². The largest absolute Gasteiger partial charge is 0.469 e. The molecule has 130 valence electrons. The van der Waals surface area contributed by atoms with Crippen molar-refractivity contribution in [3.05, 3.63) is 45.0 Å². The quantitative estimate of drug-likeness (QED) is 0.440. The Hall–Kier alpha value is -1.88. The molecule has 0 heterocycles. The summed E-state index contributed by atoms with van der Waals surface area (Å²) in [6.07, 6.45) is 4.54. The molecule has 0 saturated heterocycles. The van der Waals surface area contributed by atoms with Gasteiger partial charge >= 0.3 is 5.97 Å². The van der Waals surface area contributed by atoms with Crippen LogP contribution in [0.15, 0.2) is 24.3 Å². The average molecular weight is 352 g/mol. The first-order valence-corrected chi connectivity index (χ1v) is 8.42. The molecular formula is C18H22ClNO4. The van der Waals surface area contributed by atoms with Gasteiger partial charge in [0.15, 0.2) is 0 Å². The van der Waals surface area contributed by atoms with Gasteiger partial charge in [-0.3, -0.25) is 14.9 Å². The van der Waals surface area contributed by atoms with E-state index < -0.39 is 4.92 Å². The summed E-state index contributed by atoms with van der Waals surface area (Å²) >= 11 is 6.19. The molecule has 0 radical (unpaired) electrons. The number of hydrogen-bond acceptors (Lipinski definition) is 4. The van der Waals surface area contributed by atoms with Gasteiger partial charge in [-0.05, 0) is 49.7 Å². The van der Waals surface area contributed by atoms with Gasteiger partial charge in [0.2, 0.25) is 0 Å². The Kier molecular flexibility index (Phi) is 5.99. The fourth-order valence-corrected chi connectivity index (χ4v) is 3.90. The first kappa shape index (κ1) is 18.5. The zero-order chi connectivity index (χ0) is 17.9. The van der Waals surface area contributed by atoms with E-state index in [4.69, 9.17) is 16.3 Å². The zero-order valence-corrected chi connectivity index (χ0v) is 14.9. The number of nitrogens with zero attached hydrogens (tertiary/aromatic N) is 1. The van der Waals surface area contributed by atoms with Crippen LogP contribution in [0, 0.1) is 27.9 Å². The fraction of sp³-hybridized carbons (Fsp3) is 0.500. The number of benzene rings is 1. The van der Waals surface area contributed by atoms with E-state index in [1.807, 2.05) is 6.92 Å². The third-order valence-electron chi connectivity index (χ3n) is 4.78. The van der Waals surface area contributed by atoms with E-state index in [9.17, 15) is 14.9 Å². The highest BCUT2D eigenvalue weighted by Crippen LogP contribution is 2.38. The van der Waals surface area contributed by atoms with Crippen LogP contribution in [-0.2, 0) is 9.53 Å². The van der Waals surface area contributed by atoms with E-state index in [2.05, 4.69) is 13.0 Å². The van der Waals surface area contributed by atoms with Crippen molar-refractivity contribution in [1.29, 1.82) is 0 Å². The molecule has 0 aliphatic heterocycles. The lowest BCUT2D eigenvalue weighted by molar-refractivity contribution is -0.385. The minimum atomic E-state index is -0.407. The molecule has 0 N–H and O–H groups in total. The smallest absolute Gasteiger partial charge is 0.308 e. The van der Waals surface area contributed by atoms with Crippen LogP contribution in [0.5, 0.6) is 0 Å². The minimum Gasteiger partial charge on any atom is -0.469 e. The third kappa shape index (κ3) is 3.96. The maximum atomic E-state index is 11.8. The summed E-state index contributed by atoms with van der Waals surface area (Å²) < 4.78 is 4.86. The van der Waals surface area contributed by atoms with Gasteiger partial charge in [0.1, 0.15) is 0 Å². The summed E-state index contributed by atoms with van der Waals surface area (Å²) in [5.74, 6) is 0.288. The summed E-state index contributed by atoms with van der Waals surface area (Å²) in [4.78, 5) is 22.6. The fourth-order valence-electron chi connectivity index (χ4n) is 3.58. The molecule has 0 amide bonds. The van der Waals surface area contributed by atoms with Crippen molar-refractivity contribution in [1.82, 2.24) is 0 Å². The lowest BCUT2D eigenvalue weighted by Gasteiger charge is -2.31. The summed E-state index contributed by atoms with van der Waals surface area (Å²) in [7, 11) is 1.42. The number of rotatable bonds is 4. The Bertz CT molecular complexity index is 671. The Morgan fingerprint density at radius 2 is 2.12 bits per heavy atom. The molecule has 1 saturated carbocycles. The van der Waals surface area contributed by atoms with E-state index in [0.717, 1.165) is 24.8 Å². The number of carbonyl (C=O) groups is 1. The van der Waals surface area contributed by atoms with Gasteiger partial charge < -0.3 is 4.74 Å². The molecule has 24 heavy (non-hydrogen) atoms. The number of carbonyl (C=O) groups excluding carboxylic acids is 1.